The van der Waals surface area contributed by atoms with E-state index in [1.165, 1.54) is 42.6 Å². The van der Waals surface area contributed by atoms with E-state index in [1.807, 2.05) is 6.92 Å². The van der Waals surface area contributed by atoms with E-state index in [0.29, 0.717) is 17.1 Å². The van der Waals surface area contributed by atoms with Crippen molar-refractivity contribution < 1.29 is 22.6 Å². The van der Waals surface area contributed by atoms with Crippen molar-refractivity contribution in [3.63, 3.8) is 0 Å². The number of hydrogen-bond donors (Lipinski definition) is 1. The summed E-state index contributed by atoms with van der Waals surface area (Å²) in [7, 11) is -4.13. The van der Waals surface area contributed by atoms with Gasteiger partial charge in [-0.2, -0.15) is 5.10 Å². The molecular formula is C26H21ClN4O6S. The molecule has 0 saturated heterocycles. The third-order valence-corrected chi connectivity index (χ3v) is 7.48. The first-order valence-electron chi connectivity index (χ1n) is 11.2. The zero-order valence-electron chi connectivity index (χ0n) is 19.9. The Labute approximate surface area is 223 Å². The number of carbonyl (C=O) groups excluding carboxylic acids is 1. The zero-order chi connectivity index (χ0) is 27.3. The molecule has 0 radical (unpaired) electrons. The van der Waals surface area contributed by atoms with E-state index in [4.69, 9.17) is 16.0 Å². The quantitative estimate of drug-likeness (QED) is 0.173. The summed E-state index contributed by atoms with van der Waals surface area (Å²) >= 11 is 6.27. The number of amides is 1. The molecule has 194 valence electrons. The summed E-state index contributed by atoms with van der Waals surface area (Å²) in [6.07, 6.45) is 1.25. The molecule has 0 aliphatic carbocycles. The molecule has 0 spiro atoms. The second-order valence-corrected chi connectivity index (χ2v) is 10.3. The molecule has 0 atom stereocenters. The number of halogens is 1. The van der Waals surface area contributed by atoms with E-state index in [1.54, 1.807) is 48.5 Å². The Morgan fingerprint density at radius 2 is 1.74 bits per heavy atom. The van der Waals surface area contributed by atoms with Crippen LogP contribution in [0.5, 0.6) is 0 Å². The molecule has 3 aromatic carbocycles. The molecule has 0 fully saturated rings. The molecule has 0 unspecified atom stereocenters. The van der Waals surface area contributed by atoms with Crippen LogP contribution < -0.4 is 9.73 Å². The predicted octanol–water partition coefficient (Wildman–Crippen LogP) is 5.16. The van der Waals surface area contributed by atoms with Crippen LogP contribution in [0.25, 0.3) is 11.3 Å². The Morgan fingerprint density at radius 1 is 1.05 bits per heavy atom. The van der Waals surface area contributed by atoms with Crippen molar-refractivity contribution >= 4 is 45.1 Å². The number of nitrogens with zero attached hydrogens (tertiary/aromatic N) is 3. The van der Waals surface area contributed by atoms with Gasteiger partial charge in [0, 0.05) is 17.7 Å². The monoisotopic (exact) mass is 552 g/mol. The van der Waals surface area contributed by atoms with Crippen molar-refractivity contribution in [1.29, 1.82) is 0 Å². The van der Waals surface area contributed by atoms with Gasteiger partial charge in [0.05, 0.1) is 26.7 Å². The van der Waals surface area contributed by atoms with Gasteiger partial charge in [0.2, 0.25) is 0 Å². The summed E-state index contributed by atoms with van der Waals surface area (Å²) < 4.78 is 33.4. The maximum atomic E-state index is 13.4. The van der Waals surface area contributed by atoms with Crippen LogP contribution in [0, 0.1) is 17.0 Å². The SMILES string of the molecule is Cc1ccc(S(=O)(=O)N(CC(=O)N/N=C\c2ccc(-c3ccc([N+](=O)[O-])cc3)o2)c2ccccc2Cl)cc1. The smallest absolute Gasteiger partial charge is 0.269 e. The molecule has 38 heavy (non-hydrogen) atoms. The van der Waals surface area contributed by atoms with Gasteiger partial charge in [-0.1, -0.05) is 41.4 Å². The number of nitrogens with one attached hydrogen (secondary N) is 1. The number of para-hydroxylation sites is 1. The van der Waals surface area contributed by atoms with E-state index < -0.39 is 27.4 Å². The first-order valence-corrected chi connectivity index (χ1v) is 13.0. The molecule has 1 N–H and O–H groups in total. The fourth-order valence-corrected chi connectivity index (χ4v) is 5.18. The summed E-state index contributed by atoms with van der Waals surface area (Å²) in [6.45, 7) is 1.26. The average molecular weight is 553 g/mol. The number of hydrogen-bond acceptors (Lipinski definition) is 7. The van der Waals surface area contributed by atoms with Gasteiger partial charge >= 0.3 is 0 Å². The fraction of sp³-hybridized carbons (Fsp3) is 0.0769. The number of sulfonamides is 1. The summed E-state index contributed by atoms with van der Waals surface area (Å²) in [6, 6.07) is 21.6. The molecule has 4 aromatic rings. The maximum absolute atomic E-state index is 13.4. The van der Waals surface area contributed by atoms with Crippen LogP contribution in [-0.2, 0) is 14.8 Å². The summed E-state index contributed by atoms with van der Waals surface area (Å²) in [5.74, 6) is 0.0367. The lowest BCUT2D eigenvalue weighted by molar-refractivity contribution is -0.384. The molecule has 1 heterocycles. The Morgan fingerprint density at radius 3 is 2.39 bits per heavy atom. The van der Waals surface area contributed by atoms with Crippen molar-refractivity contribution in [3.8, 4) is 11.3 Å². The predicted molar refractivity (Wildman–Crippen MR) is 144 cm³/mol. The lowest BCUT2D eigenvalue weighted by Gasteiger charge is -2.24. The van der Waals surface area contributed by atoms with Gasteiger partial charge in [0.25, 0.3) is 21.6 Å². The minimum atomic E-state index is -4.13. The number of nitro groups is 1. The Hall–Kier alpha value is -4.48. The van der Waals surface area contributed by atoms with Crippen LogP contribution in [0.15, 0.2) is 99.3 Å². The Balaban J connectivity index is 1.49. The van der Waals surface area contributed by atoms with Crippen LogP contribution in [0.3, 0.4) is 0 Å². The molecule has 0 aliphatic heterocycles. The molecule has 4 rings (SSSR count). The third kappa shape index (κ3) is 6.07. The van der Waals surface area contributed by atoms with Crippen LogP contribution in [-0.4, -0.2) is 32.0 Å². The molecule has 0 saturated carbocycles. The number of carbonyl (C=O) groups is 1. The highest BCUT2D eigenvalue weighted by Gasteiger charge is 2.28. The highest BCUT2D eigenvalue weighted by molar-refractivity contribution is 7.92. The zero-order valence-corrected chi connectivity index (χ0v) is 21.5. The van der Waals surface area contributed by atoms with Crippen LogP contribution >= 0.6 is 11.6 Å². The Bertz CT molecular complexity index is 1600. The van der Waals surface area contributed by atoms with Gasteiger partial charge in [0.15, 0.2) is 0 Å². The molecule has 1 amide bonds. The summed E-state index contributed by atoms with van der Waals surface area (Å²) in [4.78, 5) is 23.0. The molecular weight excluding hydrogens is 532 g/mol. The molecule has 10 nitrogen and oxygen atoms in total. The minimum absolute atomic E-state index is 0.00804. The number of hydrazone groups is 1. The van der Waals surface area contributed by atoms with Gasteiger partial charge in [0.1, 0.15) is 18.1 Å². The van der Waals surface area contributed by atoms with Gasteiger partial charge < -0.3 is 4.42 Å². The van der Waals surface area contributed by atoms with Crippen molar-refractivity contribution in [2.75, 3.05) is 10.8 Å². The second kappa shape index (κ2) is 11.3. The van der Waals surface area contributed by atoms with Gasteiger partial charge in [-0.15, -0.1) is 0 Å². The topological polar surface area (TPSA) is 135 Å². The lowest BCUT2D eigenvalue weighted by atomic mass is 10.1. The van der Waals surface area contributed by atoms with Crippen molar-refractivity contribution in [1.82, 2.24) is 5.43 Å². The van der Waals surface area contributed by atoms with Crippen LogP contribution in [0.2, 0.25) is 5.02 Å². The number of non-ortho nitro benzene ring substituents is 1. The van der Waals surface area contributed by atoms with Crippen molar-refractivity contribution in [2.24, 2.45) is 5.10 Å². The van der Waals surface area contributed by atoms with Crippen molar-refractivity contribution in [3.05, 3.63) is 111 Å². The van der Waals surface area contributed by atoms with Crippen LogP contribution in [0.1, 0.15) is 11.3 Å². The summed E-state index contributed by atoms with van der Waals surface area (Å²) in [5.41, 5.74) is 3.91. The number of rotatable bonds is 9. The fourth-order valence-electron chi connectivity index (χ4n) is 3.45. The second-order valence-electron chi connectivity index (χ2n) is 8.08. The molecule has 0 aliphatic rings. The minimum Gasteiger partial charge on any atom is -0.455 e. The van der Waals surface area contributed by atoms with Gasteiger partial charge in [-0.3, -0.25) is 19.2 Å². The largest absolute Gasteiger partial charge is 0.455 e. The van der Waals surface area contributed by atoms with E-state index in [2.05, 4.69) is 10.5 Å². The molecule has 12 heteroatoms. The number of nitro benzene ring substituents is 1. The van der Waals surface area contributed by atoms with E-state index >= 15 is 0 Å². The van der Waals surface area contributed by atoms with E-state index in [9.17, 15) is 23.3 Å². The van der Waals surface area contributed by atoms with Crippen molar-refractivity contribution in [2.45, 2.75) is 11.8 Å². The number of benzene rings is 3. The van der Waals surface area contributed by atoms with E-state index in [0.717, 1.165) is 9.87 Å². The van der Waals surface area contributed by atoms with E-state index in [-0.39, 0.29) is 21.3 Å². The van der Waals surface area contributed by atoms with Crippen LogP contribution in [0.4, 0.5) is 11.4 Å². The maximum Gasteiger partial charge on any atom is 0.269 e. The normalized spacial score (nSPS) is 11.4. The Kier molecular flexibility index (Phi) is 7.89. The van der Waals surface area contributed by atoms with Gasteiger partial charge in [-0.25, -0.2) is 13.8 Å². The standard InChI is InChI=1S/C26H21ClN4O6S/c1-18-6-13-22(14-7-18)38(35,36)30(24-5-3-2-4-23(24)27)17-26(32)29-28-16-21-12-15-25(37-21)19-8-10-20(11-9-19)31(33)34/h2-16H,17H2,1H3,(H,29,32)/b28-16-. The highest BCUT2D eigenvalue weighted by atomic mass is 35.5. The molecule has 1 aromatic heterocycles. The van der Waals surface area contributed by atoms with Gasteiger partial charge in [-0.05, 0) is 55.5 Å². The number of aryl methyl sites for hydroxylation is 1. The first-order chi connectivity index (χ1) is 18.1. The number of anilines is 1. The average Bonchev–Trinajstić information content (AvgIpc) is 3.37. The highest BCUT2D eigenvalue weighted by Crippen LogP contribution is 2.30. The third-order valence-electron chi connectivity index (χ3n) is 5.39. The summed E-state index contributed by atoms with van der Waals surface area (Å²) in [5, 5.41) is 14.8. The first kappa shape index (κ1) is 26.6. The number of furan rings is 1. The molecule has 0 bridgehead atoms. The lowest BCUT2D eigenvalue weighted by Crippen LogP contribution is -2.39.